The summed E-state index contributed by atoms with van der Waals surface area (Å²) in [7, 11) is 0. The highest BCUT2D eigenvalue weighted by atomic mass is 16.5. The van der Waals surface area contributed by atoms with E-state index in [2.05, 4.69) is 43.5 Å². The van der Waals surface area contributed by atoms with Gasteiger partial charge >= 0.3 is 5.97 Å². The molecule has 336 valence electrons. The molecular weight excluding hydrogens is 707 g/mol. The SMILES string of the molecule is CCCCCC/C=C\CCCCCCCC(=O)OCCCCCCCC/C=C\CCCCCC(=O)NC(CO)C(O)CCCCCCCCCCCCCCCC. The maximum absolute atomic E-state index is 12.4. The van der Waals surface area contributed by atoms with Crippen molar-refractivity contribution >= 4 is 11.9 Å². The molecule has 0 rings (SSSR count). The van der Waals surface area contributed by atoms with Gasteiger partial charge in [0.15, 0.2) is 0 Å². The van der Waals surface area contributed by atoms with E-state index in [1.54, 1.807) is 0 Å². The lowest BCUT2D eigenvalue weighted by Gasteiger charge is -2.22. The van der Waals surface area contributed by atoms with Crippen LogP contribution < -0.4 is 5.32 Å². The van der Waals surface area contributed by atoms with Gasteiger partial charge in [-0.2, -0.15) is 0 Å². The molecule has 6 heteroatoms. The van der Waals surface area contributed by atoms with Crippen molar-refractivity contribution in [1.29, 1.82) is 0 Å². The van der Waals surface area contributed by atoms with Gasteiger partial charge < -0.3 is 20.3 Å². The van der Waals surface area contributed by atoms with Crippen molar-refractivity contribution in [2.45, 2.75) is 276 Å². The molecule has 0 aromatic rings. The fourth-order valence-electron chi connectivity index (χ4n) is 7.57. The van der Waals surface area contributed by atoms with Crippen LogP contribution in [0.4, 0.5) is 0 Å². The molecule has 0 fully saturated rings. The number of carbonyl (C=O) groups excluding carboxylic acids is 2. The number of carbonyl (C=O) groups is 2. The topological polar surface area (TPSA) is 95.9 Å². The first-order valence-corrected chi connectivity index (χ1v) is 25.1. The standard InChI is InChI=1S/C51H97NO5/c1-3-5-7-9-11-13-15-17-20-23-27-31-35-39-43-49(54)48(47-53)52-50(55)44-40-36-32-28-24-21-18-22-26-30-34-38-42-46-57-51(56)45-41-37-33-29-25-19-16-14-12-10-8-6-4-2/h14,16,21,24,48-49,53-54H,3-13,15,17-20,22-23,25-47H2,1-2H3,(H,52,55)/b16-14-,24-21-. The van der Waals surface area contributed by atoms with E-state index in [9.17, 15) is 19.8 Å². The van der Waals surface area contributed by atoms with Crippen molar-refractivity contribution in [3.63, 3.8) is 0 Å². The van der Waals surface area contributed by atoms with Crippen molar-refractivity contribution in [2.24, 2.45) is 0 Å². The van der Waals surface area contributed by atoms with Gasteiger partial charge in [-0.1, -0.05) is 199 Å². The molecule has 0 heterocycles. The molecule has 3 N–H and O–H groups in total. The largest absolute Gasteiger partial charge is 0.466 e. The zero-order chi connectivity index (χ0) is 41.5. The zero-order valence-electron chi connectivity index (χ0n) is 38.1. The van der Waals surface area contributed by atoms with Crippen LogP contribution in [0.25, 0.3) is 0 Å². The van der Waals surface area contributed by atoms with Gasteiger partial charge in [0.25, 0.3) is 0 Å². The highest BCUT2D eigenvalue weighted by Gasteiger charge is 2.20. The fourth-order valence-corrected chi connectivity index (χ4v) is 7.57. The Morgan fingerprint density at radius 1 is 0.474 bits per heavy atom. The number of rotatable bonds is 46. The quantitative estimate of drug-likeness (QED) is 0.0324. The van der Waals surface area contributed by atoms with E-state index in [1.165, 1.54) is 161 Å². The smallest absolute Gasteiger partial charge is 0.305 e. The highest BCUT2D eigenvalue weighted by Crippen LogP contribution is 2.16. The van der Waals surface area contributed by atoms with Gasteiger partial charge in [-0.15, -0.1) is 0 Å². The third-order valence-corrected chi connectivity index (χ3v) is 11.5. The summed E-state index contributed by atoms with van der Waals surface area (Å²) in [6, 6.07) is -0.561. The third-order valence-electron chi connectivity index (χ3n) is 11.5. The van der Waals surface area contributed by atoms with Crippen molar-refractivity contribution in [1.82, 2.24) is 5.32 Å². The summed E-state index contributed by atoms with van der Waals surface area (Å²) in [6.45, 7) is 4.89. The van der Waals surface area contributed by atoms with Crippen LogP contribution in [0.15, 0.2) is 24.3 Å². The minimum Gasteiger partial charge on any atom is -0.466 e. The number of hydrogen-bond donors (Lipinski definition) is 3. The summed E-state index contributed by atoms with van der Waals surface area (Å²) in [6.07, 6.45) is 54.2. The lowest BCUT2D eigenvalue weighted by molar-refractivity contribution is -0.143. The molecule has 6 nitrogen and oxygen atoms in total. The molecule has 0 bridgehead atoms. The van der Waals surface area contributed by atoms with Gasteiger partial charge in [0, 0.05) is 12.8 Å². The van der Waals surface area contributed by atoms with Gasteiger partial charge in [-0.3, -0.25) is 9.59 Å². The molecule has 0 aliphatic rings. The summed E-state index contributed by atoms with van der Waals surface area (Å²) in [5.74, 6) is -0.0876. The second-order valence-electron chi connectivity index (χ2n) is 17.1. The normalized spacial score (nSPS) is 12.8. The number of amides is 1. The number of aliphatic hydroxyl groups excluding tert-OH is 2. The molecule has 0 aromatic carbocycles. The predicted octanol–water partition coefficient (Wildman–Crippen LogP) is 14.7. The minimum atomic E-state index is -0.680. The van der Waals surface area contributed by atoms with Gasteiger partial charge in [0.2, 0.25) is 5.91 Å². The summed E-state index contributed by atoms with van der Waals surface area (Å²) >= 11 is 0. The predicted molar refractivity (Wildman–Crippen MR) is 246 cm³/mol. The van der Waals surface area contributed by atoms with Crippen LogP contribution >= 0.6 is 0 Å². The van der Waals surface area contributed by atoms with Crippen molar-refractivity contribution in [2.75, 3.05) is 13.2 Å². The van der Waals surface area contributed by atoms with Crippen LogP contribution in [-0.4, -0.2) is 47.4 Å². The molecule has 1 amide bonds. The Morgan fingerprint density at radius 2 is 0.825 bits per heavy atom. The van der Waals surface area contributed by atoms with Gasteiger partial charge in [0.05, 0.1) is 25.4 Å². The lowest BCUT2D eigenvalue weighted by Crippen LogP contribution is -2.45. The Bertz CT molecular complexity index is 889. The monoisotopic (exact) mass is 804 g/mol. The number of hydrogen-bond acceptors (Lipinski definition) is 5. The van der Waals surface area contributed by atoms with E-state index < -0.39 is 12.1 Å². The molecule has 0 aliphatic heterocycles. The maximum Gasteiger partial charge on any atom is 0.305 e. The number of unbranched alkanes of at least 4 members (excludes halogenated alkanes) is 31. The van der Waals surface area contributed by atoms with Crippen molar-refractivity contribution < 1.29 is 24.5 Å². The molecule has 0 aromatic heterocycles. The molecule has 2 atom stereocenters. The first-order valence-electron chi connectivity index (χ1n) is 25.1. The van der Waals surface area contributed by atoms with Crippen LogP contribution in [0.2, 0.25) is 0 Å². The van der Waals surface area contributed by atoms with Crippen LogP contribution in [0, 0.1) is 0 Å². The summed E-state index contributed by atoms with van der Waals surface area (Å²) in [4.78, 5) is 24.4. The average molecular weight is 804 g/mol. The number of aliphatic hydroxyl groups is 2. The molecule has 0 spiro atoms. The molecule has 0 aliphatic carbocycles. The van der Waals surface area contributed by atoms with E-state index in [-0.39, 0.29) is 18.5 Å². The van der Waals surface area contributed by atoms with Crippen LogP contribution in [0.1, 0.15) is 264 Å². The maximum atomic E-state index is 12.4. The Kier molecular flexibility index (Phi) is 45.7. The van der Waals surface area contributed by atoms with E-state index in [0.717, 1.165) is 70.6 Å². The molecule has 0 saturated carbocycles. The van der Waals surface area contributed by atoms with Gasteiger partial charge in [-0.25, -0.2) is 0 Å². The van der Waals surface area contributed by atoms with Crippen LogP contribution in [-0.2, 0) is 14.3 Å². The van der Waals surface area contributed by atoms with Crippen LogP contribution in [0.3, 0.4) is 0 Å². The second kappa shape index (κ2) is 47.0. The van der Waals surface area contributed by atoms with E-state index in [4.69, 9.17) is 4.74 Å². The number of ether oxygens (including phenoxy) is 1. The second-order valence-corrected chi connectivity index (χ2v) is 17.1. The van der Waals surface area contributed by atoms with E-state index >= 15 is 0 Å². The number of allylic oxidation sites excluding steroid dienone is 4. The van der Waals surface area contributed by atoms with Crippen molar-refractivity contribution in [3.8, 4) is 0 Å². The Balaban J connectivity index is 3.51. The molecule has 57 heavy (non-hydrogen) atoms. The summed E-state index contributed by atoms with van der Waals surface area (Å²) in [5.41, 5.74) is 0. The average Bonchev–Trinajstić information content (AvgIpc) is 3.21. The third kappa shape index (κ3) is 43.7. The highest BCUT2D eigenvalue weighted by molar-refractivity contribution is 5.76. The first-order chi connectivity index (χ1) is 28.0. The Morgan fingerprint density at radius 3 is 1.28 bits per heavy atom. The van der Waals surface area contributed by atoms with Gasteiger partial charge in [0.1, 0.15) is 0 Å². The molecule has 0 radical (unpaired) electrons. The Hall–Kier alpha value is -1.66. The first kappa shape index (κ1) is 55.3. The zero-order valence-corrected chi connectivity index (χ0v) is 38.1. The van der Waals surface area contributed by atoms with Crippen LogP contribution in [0.5, 0.6) is 0 Å². The molecule has 2 unspecified atom stereocenters. The summed E-state index contributed by atoms with van der Waals surface area (Å²) in [5, 5.41) is 23.2. The van der Waals surface area contributed by atoms with E-state index in [1.807, 2.05) is 0 Å². The summed E-state index contributed by atoms with van der Waals surface area (Å²) < 4.78 is 5.44. The lowest BCUT2D eigenvalue weighted by atomic mass is 10.0. The fraction of sp³-hybridized carbons (Fsp3) is 0.882. The molecule has 0 saturated heterocycles. The molecular formula is C51H97NO5. The van der Waals surface area contributed by atoms with E-state index in [0.29, 0.717) is 25.9 Å². The number of nitrogens with one attached hydrogen (secondary N) is 1. The van der Waals surface area contributed by atoms with Crippen molar-refractivity contribution in [3.05, 3.63) is 24.3 Å². The Labute approximate surface area is 354 Å². The minimum absolute atomic E-state index is 0.0221. The van der Waals surface area contributed by atoms with Gasteiger partial charge in [-0.05, 0) is 77.0 Å². The number of esters is 1.